The molecule has 0 aromatic heterocycles. The zero-order valence-electron chi connectivity index (χ0n) is 11.1. The summed E-state index contributed by atoms with van der Waals surface area (Å²) in [5.41, 5.74) is 0. The third kappa shape index (κ3) is 5.95. The van der Waals surface area contributed by atoms with Gasteiger partial charge in [-0.2, -0.15) is 0 Å². The molecular weight excluding hydrogens is 200 g/mol. The van der Waals surface area contributed by atoms with Gasteiger partial charge in [-0.15, -0.1) is 0 Å². The van der Waals surface area contributed by atoms with Gasteiger partial charge in [-0.05, 0) is 24.6 Å². The van der Waals surface area contributed by atoms with Gasteiger partial charge in [0.15, 0.2) is 8.32 Å². The average Bonchev–Trinajstić information content (AvgIpc) is 2.09. The molecule has 0 saturated heterocycles. The first kappa shape index (κ1) is 14.7. The lowest BCUT2D eigenvalue weighted by Gasteiger charge is -2.35. The maximum absolute atomic E-state index is 5.99. The number of rotatable bonds is 5. The molecule has 0 rings (SSSR count). The molecule has 1 nitrogen and oxygen atoms in total. The molecule has 0 fully saturated rings. The Morgan fingerprint density at radius 1 is 1.07 bits per heavy atom. The summed E-state index contributed by atoms with van der Waals surface area (Å²) >= 11 is 0. The Morgan fingerprint density at radius 2 is 1.60 bits per heavy atom. The van der Waals surface area contributed by atoms with Gasteiger partial charge in [-0.3, -0.25) is 0 Å². The highest BCUT2D eigenvalue weighted by Crippen LogP contribution is 2.36. The summed E-state index contributed by atoms with van der Waals surface area (Å²) in [5, 5.41) is 0.306. The molecule has 0 radical (unpaired) electrons. The van der Waals surface area contributed by atoms with E-state index in [0.29, 0.717) is 5.04 Å². The molecule has 15 heavy (non-hydrogen) atoms. The van der Waals surface area contributed by atoms with Crippen LogP contribution < -0.4 is 0 Å². The third-order valence-electron chi connectivity index (χ3n) is 2.97. The van der Waals surface area contributed by atoms with E-state index in [2.05, 4.69) is 65.1 Å². The largest absolute Gasteiger partial charge is 0.413 e. The van der Waals surface area contributed by atoms with E-state index in [4.69, 9.17) is 4.43 Å². The van der Waals surface area contributed by atoms with Crippen molar-refractivity contribution in [2.75, 3.05) is 6.61 Å². The lowest BCUT2D eigenvalue weighted by atomic mass is 10.2. The van der Waals surface area contributed by atoms with Crippen molar-refractivity contribution in [1.29, 1.82) is 0 Å². The van der Waals surface area contributed by atoms with Crippen LogP contribution in [-0.2, 0) is 4.43 Å². The summed E-state index contributed by atoms with van der Waals surface area (Å²) in [6.45, 7) is 14.2. The maximum Gasteiger partial charge on any atom is 0.192 e. The molecule has 0 spiro atoms. The molecule has 0 bridgehead atoms. The van der Waals surface area contributed by atoms with Gasteiger partial charge in [-0.1, -0.05) is 52.0 Å². The van der Waals surface area contributed by atoms with Crippen molar-refractivity contribution >= 4 is 8.32 Å². The second kappa shape index (κ2) is 6.29. The lowest BCUT2D eigenvalue weighted by Crippen LogP contribution is -2.40. The fourth-order valence-corrected chi connectivity index (χ4v) is 1.77. The van der Waals surface area contributed by atoms with E-state index in [1.54, 1.807) is 0 Å². The first-order chi connectivity index (χ1) is 6.81. The zero-order valence-corrected chi connectivity index (χ0v) is 12.1. The van der Waals surface area contributed by atoms with Gasteiger partial charge in [0.1, 0.15) is 0 Å². The number of hydrogen-bond acceptors (Lipinski definition) is 1. The van der Waals surface area contributed by atoms with Crippen molar-refractivity contribution < 1.29 is 4.43 Å². The number of allylic oxidation sites excluding steroid dienone is 3. The predicted octanol–water partition coefficient (Wildman–Crippen LogP) is 4.53. The van der Waals surface area contributed by atoms with Crippen LogP contribution in [0.3, 0.4) is 0 Å². The minimum Gasteiger partial charge on any atom is -0.413 e. The summed E-state index contributed by atoms with van der Waals surface area (Å²) in [6.07, 6.45) is 9.47. The van der Waals surface area contributed by atoms with Gasteiger partial charge in [0.2, 0.25) is 0 Å². The van der Waals surface area contributed by atoms with Crippen molar-refractivity contribution in [3.63, 3.8) is 0 Å². The van der Waals surface area contributed by atoms with Crippen molar-refractivity contribution in [2.45, 2.75) is 52.2 Å². The topological polar surface area (TPSA) is 9.23 Å². The Morgan fingerprint density at radius 3 is 2.07 bits per heavy atom. The molecule has 2 heteroatoms. The quantitative estimate of drug-likeness (QED) is 0.494. The third-order valence-corrected chi connectivity index (χ3v) is 7.47. The van der Waals surface area contributed by atoms with Crippen LogP contribution in [0.1, 0.15) is 34.1 Å². The summed E-state index contributed by atoms with van der Waals surface area (Å²) in [4.78, 5) is 0. The number of hydrogen-bond donors (Lipinski definition) is 0. The molecule has 0 heterocycles. The predicted molar refractivity (Wildman–Crippen MR) is 71.7 cm³/mol. The summed E-state index contributed by atoms with van der Waals surface area (Å²) < 4.78 is 5.99. The minimum absolute atomic E-state index is 0.306. The van der Waals surface area contributed by atoms with E-state index in [1.165, 1.54) is 0 Å². The summed E-state index contributed by atoms with van der Waals surface area (Å²) in [6, 6.07) is 0. The molecule has 0 N–H and O–H groups in total. The molecule has 88 valence electrons. The molecule has 0 atom stereocenters. The van der Waals surface area contributed by atoms with Gasteiger partial charge in [-0.25, -0.2) is 0 Å². The molecule has 0 aliphatic carbocycles. The van der Waals surface area contributed by atoms with Gasteiger partial charge in [0, 0.05) is 0 Å². The standard InChI is InChI=1S/C13H26OSi/c1-7-8-9-10-11-12-14-15(5,6)13(2,3)4/h8-11H,7,12H2,1-6H3/b9-8+,11-10+. The van der Waals surface area contributed by atoms with Crippen LogP contribution in [0.5, 0.6) is 0 Å². The van der Waals surface area contributed by atoms with Crippen molar-refractivity contribution in [2.24, 2.45) is 0 Å². The SMILES string of the molecule is CC/C=C/C=C/CO[Si](C)(C)C(C)(C)C. The second-order valence-electron chi connectivity index (χ2n) is 5.34. The Kier molecular flexibility index (Phi) is 6.14. The van der Waals surface area contributed by atoms with Crippen molar-refractivity contribution in [1.82, 2.24) is 0 Å². The van der Waals surface area contributed by atoms with Crippen molar-refractivity contribution in [3.05, 3.63) is 24.3 Å². The Hall–Kier alpha value is -0.343. The molecule has 0 unspecified atom stereocenters. The lowest BCUT2D eigenvalue weighted by molar-refractivity contribution is 0.328. The Bertz CT molecular complexity index is 221. The molecule has 0 aliphatic heterocycles. The molecule has 0 saturated carbocycles. The van der Waals surface area contributed by atoms with Crippen LogP contribution in [0.4, 0.5) is 0 Å². The summed E-state index contributed by atoms with van der Waals surface area (Å²) in [5.74, 6) is 0. The van der Waals surface area contributed by atoms with Crippen LogP contribution in [0, 0.1) is 0 Å². The monoisotopic (exact) mass is 226 g/mol. The van der Waals surface area contributed by atoms with E-state index >= 15 is 0 Å². The van der Waals surface area contributed by atoms with Gasteiger partial charge >= 0.3 is 0 Å². The highest BCUT2D eigenvalue weighted by molar-refractivity contribution is 6.74. The molecule has 0 aliphatic rings. The highest BCUT2D eigenvalue weighted by atomic mass is 28.4. The molecule has 0 aromatic carbocycles. The minimum atomic E-state index is -1.55. The molecule has 0 amide bonds. The molecule has 0 aromatic rings. The highest BCUT2D eigenvalue weighted by Gasteiger charge is 2.36. The van der Waals surface area contributed by atoms with E-state index in [-0.39, 0.29) is 0 Å². The van der Waals surface area contributed by atoms with Gasteiger partial charge < -0.3 is 4.43 Å². The van der Waals surface area contributed by atoms with Crippen LogP contribution >= 0.6 is 0 Å². The van der Waals surface area contributed by atoms with Crippen LogP contribution in [0.25, 0.3) is 0 Å². The van der Waals surface area contributed by atoms with Gasteiger partial charge in [0.25, 0.3) is 0 Å². The fraction of sp³-hybridized carbons (Fsp3) is 0.692. The first-order valence-corrected chi connectivity index (χ1v) is 8.67. The Balaban J connectivity index is 3.96. The van der Waals surface area contributed by atoms with Crippen LogP contribution in [0.15, 0.2) is 24.3 Å². The summed E-state index contributed by atoms with van der Waals surface area (Å²) in [7, 11) is -1.55. The fourth-order valence-electron chi connectivity index (χ4n) is 0.822. The van der Waals surface area contributed by atoms with E-state index in [1.807, 2.05) is 0 Å². The second-order valence-corrected chi connectivity index (χ2v) is 10.1. The zero-order chi connectivity index (χ0) is 11.9. The Labute approximate surface area is 96.4 Å². The van der Waals surface area contributed by atoms with Crippen molar-refractivity contribution in [3.8, 4) is 0 Å². The van der Waals surface area contributed by atoms with Gasteiger partial charge in [0.05, 0.1) is 6.61 Å². The maximum atomic E-state index is 5.99. The smallest absolute Gasteiger partial charge is 0.192 e. The first-order valence-electron chi connectivity index (χ1n) is 5.77. The normalized spacial score (nSPS) is 14.3. The van der Waals surface area contributed by atoms with Crippen LogP contribution in [-0.4, -0.2) is 14.9 Å². The molecular formula is C13H26OSi. The van der Waals surface area contributed by atoms with Crippen LogP contribution in [0.2, 0.25) is 18.1 Å². The van der Waals surface area contributed by atoms with E-state index < -0.39 is 8.32 Å². The van der Waals surface area contributed by atoms with E-state index in [9.17, 15) is 0 Å². The van der Waals surface area contributed by atoms with E-state index in [0.717, 1.165) is 13.0 Å². The average molecular weight is 226 g/mol.